The largest absolute Gasteiger partial charge is 0.356 e. The predicted molar refractivity (Wildman–Crippen MR) is 94.7 cm³/mol. The molecule has 23 heavy (non-hydrogen) atoms. The van der Waals surface area contributed by atoms with Crippen molar-refractivity contribution in [3.05, 3.63) is 29.8 Å². The summed E-state index contributed by atoms with van der Waals surface area (Å²) in [6, 6.07) is 6.58. The molecule has 0 aliphatic heterocycles. The summed E-state index contributed by atoms with van der Waals surface area (Å²) in [5.41, 5.74) is 0.833. The van der Waals surface area contributed by atoms with Crippen LogP contribution in [0.3, 0.4) is 0 Å². The van der Waals surface area contributed by atoms with Crippen LogP contribution in [0.25, 0.3) is 0 Å². The molecule has 0 bridgehead atoms. The molecule has 0 amide bonds. The second-order valence-electron chi connectivity index (χ2n) is 5.93. The zero-order chi connectivity index (χ0) is 17.3. The Morgan fingerprint density at radius 1 is 1.26 bits per heavy atom. The van der Waals surface area contributed by atoms with E-state index < -0.39 is 10.0 Å². The molecule has 130 valence electrons. The van der Waals surface area contributed by atoms with Crippen molar-refractivity contribution >= 4 is 16.0 Å². The maximum absolute atomic E-state index is 11.4. The van der Waals surface area contributed by atoms with E-state index in [4.69, 9.17) is 5.14 Å². The molecule has 0 unspecified atom stereocenters. The summed E-state index contributed by atoms with van der Waals surface area (Å²) in [5.74, 6) is 1.44. The number of rotatable bonds is 8. The number of nitrogens with one attached hydrogen (secondary N) is 2. The molecule has 1 rings (SSSR count). The van der Waals surface area contributed by atoms with Gasteiger partial charge in [-0.2, -0.15) is 0 Å². The third-order valence-corrected chi connectivity index (χ3v) is 4.32. The van der Waals surface area contributed by atoms with Gasteiger partial charge in [0, 0.05) is 20.1 Å². The van der Waals surface area contributed by atoms with Crippen molar-refractivity contribution < 1.29 is 8.42 Å². The fraction of sp³-hybridized carbons (Fsp3) is 0.562. The zero-order valence-corrected chi connectivity index (χ0v) is 15.0. The van der Waals surface area contributed by atoms with Crippen molar-refractivity contribution in [2.45, 2.75) is 44.6 Å². The van der Waals surface area contributed by atoms with Gasteiger partial charge in [-0.05, 0) is 30.0 Å². The standard InChI is InChI=1S/C16H28N4O2S/c1-13(2)7-4-5-10-19-16(18-3)20-12-14-8-6-9-15(11-14)23(17,21)22/h6,8-9,11,13H,4-5,7,10,12H2,1-3H3,(H2,17,21,22)(H2,18,19,20). The maximum atomic E-state index is 11.4. The first kappa shape index (κ1) is 19.4. The molecule has 1 aromatic carbocycles. The molecule has 0 heterocycles. The quantitative estimate of drug-likeness (QED) is 0.382. The van der Waals surface area contributed by atoms with E-state index in [1.807, 2.05) is 6.07 Å². The molecule has 0 saturated carbocycles. The average molecular weight is 340 g/mol. The van der Waals surface area contributed by atoms with Gasteiger partial charge in [-0.25, -0.2) is 13.6 Å². The highest BCUT2D eigenvalue weighted by molar-refractivity contribution is 7.89. The van der Waals surface area contributed by atoms with Crippen LogP contribution in [0, 0.1) is 5.92 Å². The Hall–Kier alpha value is -1.60. The van der Waals surface area contributed by atoms with E-state index in [-0.39, 0.29) is 4.90 Å². The Morgan fingerprint density at radius 2 is 2.00 bits per heavy atom. The Kier molecular flexibility index (Phi) is 8.05. The van der Waals surface area contributed by atoms with Gasteiger partial charge in [-0.3, -0.25) is 4.99 Å². The van der Waals surface area contributed by atoms with Crippen LogP contribution in [0.4, 0.5) is 0 Å². The van der Waals surface area contributed by atoms with E-state index in [1.54, 1.807) is 19.2 Å². The van der Waals surface area contributed by atoms with E-state index in [2.05, 4.69) is 29.5 Å². The highest BCUT2D eigenvalue weighted by atomic mass is 32.2. The summed E-state index contributed by atoms with van der Waals surface area (Å²) < 4.78 is 22.7. The van der Waals surface area contributed by atoms with Crippen LogP contribution < -0.4 is 15.8 Å². The van der Waals surface area contributed by atoms with Crippen molar-refractivity contribution in [2.24, 2.45) is 16.0 Å². The molecular formula is C16H28N4O2S. The molecule has 0 aliphatic rings. The first-order valence-electron chi connectivity index (χ1n) is 7.89. The summed E-state index contributed by atoms with van der Waals surface area (Å²) >= 11 is 0. The first-order chi connectivity index (χ1) is 10.8. The van der Waals surface area contributed by atoms with Crippen molar-refractivity contribution in [1.29, 1.82) is 0 Å². The Labute approximate surface area is 139 Å². The van der Waals surface area contributed by atoms with Crippen LogP contribution in [-0.2, 0) is 16.6 Å². The van der Waals surface area contributed by atoms with Gasteiger partial charge in [-0.1, -0.05) is 38.8 Å². The van der Waals surface area contributed by atoms with Crippen molar-refractivity contribution in [2.75, 3.05) is 13.6 Å². The van der Waals surface area contributed by atoms with Crippen LogP contribution in [0.1, 0.15) is 38.7 Å². The lowest BCUT2D eigenvalue weighted by Gasteiger charge is -2.12. The normalized spacial score (nSPS) is 12.5. The lowest BCUT2D eigenvalue weighted by molar-refractivity contribution is 0.534. The lowest BCUT2D eigenvalue weighted by atomic mass is 10.1. The number of sulfonamides is 1. The minimum Gasteiger partial charge on any atom is -0.356 e. The van der Waals surface area contributed by atoms with Crippen LogP contribution >= 0.6 is 0 Å². The number of nitrogens with two attached hydrogens (primary N) is 1. The summed E-state index contributed by atoms with van der Waals surface area (Å²) in [7, 11) is -1.96. The van der Waals surface area contributed by atoms with Gasteiger partial charge in [0.2, 0.25) is 10.0 Å². The zero-order valence-electron chi connectivity index (χ0n) is 14.2. The van der Waals surface area contributed by atoms with Crippen LogP contribution in [0.15, 0.2) is 34.2 Å². The fourth-order valence-corrected chi connectivity index (χ4v) is 2.71. The number of primary sulfonamides is 1. The molecule has 0 fully saturated rings. The van der Waals surface area contributed by atoms with Gasteiger partial charge in [0.05, 0.1) is 4.90 Å². The Morgan fingerprint density at radius 3 is 2.61 bits per heavy atom. The van der Waals surface area contributed by atoms with Gasteiger partial charge in [-0.15, -0.1) is 0 Å². The number of benzene rings is 1. The number of guanidine groups is 1. The monoisotopic (exact) mass is 340 g/mol. The molecule has 6 nitrogen and oxygen atoms in total. The lowest BCUT2D eigenvalue weighted by Crippen LogP contribution is -2.37. The molecule has 7 heteroatoms. The minimum absolute atomic E-state index is 0.119. The molecule has 0 saturated heterocycles. The number of unbranched alkanes of at least 4 members (excludes halogenated alkanes) is 1. The summed E-state index contributed by atoms with van der Waals surface area (Å²) in [5, 5.41) is 11.6. The van der Waals surface area contributed by atoms with Crippen LogP contribution in [0.5, 0.6) is 0 Å². The highest BCUT2D eigenvalue weighted by Crippen LogP contribution is 2.09. The molecule has 0 spiro atoms. The maximum Gasteiger partial charge on any atom is 0.238 e. The second-order valence-corrected chi connectivity index (χ2v) is 7.50. The summed E-state index contributed by atoms with van der Waals surface area (Å²) in [4.78, 5) is 4.28. The van der Waals surface area contributed by atoms with E-state index in [0.717, 1.165) is 24.4 Å². The molecule has 0 atom stereocenters. The van der Waals surface area contributed by atoms with E-state index in [0.29, 0.717) is 12.5 Å². The van der Waals surface area contributed by atoms with Crippen molar-refractivity contribution in [1.82, 2.24) is 10.6 Å². The third-order valence-electron chi connectivity index (χ3n) is 3.41. The smallest absolute Gasteiger partial charge is 0.238 e. The molecule has 4 N–H and O–H groups in total. The fourth-order valence-electron chi connectivity index (χ4n) is 2.12. The SMILES string of the molecule is CN=C(NCCCCC(C)C)NCc1cccc(S(N)(=O)=O)c1. The van der Waals surface area contributed by atoms with Gasteiger partial charge < -0.3 is 10.6 Å². The Balaban J connectivity index is 2.43. The van der Waals surface area contributed by atoms with E-state index >= 15 is 0 Å². The topological polar surface area (TPSA) is 96.6 Å². The number of hydrogen-bond donors (Lipinski definition) is 3. The second kappa shape index (κ2) is 9.52. The van der Waals surface area contributed by atoms with Crippen LogP contribution in [0.2, 0.25) is 0 Å². The number of hydrogen-bond acceptors (Lipinski definition) is 3. The third kappa shape index (κ3) is 7.99. The Bertz CT molecular complexity index is 612. The van der Waals surface area contributed by atoms with Crippen molar-refractivity contribution in [3.8, 4) is 0 Å². The number of aliphatic imine (C=N–C) groups is 1. The van der Waals surface area contributed by atoms with E-state index in [1.165, 1.54) is 18.9 Å². The highest BCUT2D eigenvalue weighted by Gasteiger charge is 2.08. The van der Waals surface area contributed by atoms with Gasteiger partial charge in [0.25, 0.3) is 0 Å². The number of nitrogens with zero attached hydrogens (tertiary/aromatic N) is 1. The summed E-state index contributed by atoms with van der Waals surface area (Å²) in [6.45, 7) is 5.80. The summed E-state index contributed by atoms with van der Waals surface area (Å²) in [6.07, 6.45) is 3.52. The van der Waals surface area contributed by atoms with Crippen molar-refractivity contribution in [3.63, 3.8) is 0 Å². The molecule has 0 radical (unpaired) electrons. The molecular weight excluding hydrogens is 312 g/mol. The first-order valence-corrected chi connectivity index (χ1v) is 9.44. The molecule has 0 aliphatic carbocycles. The average Bonchev–Trinajstić information content (AvgIpc) is 2.49. The van der Waals surface area contributed by atoms with Gasteiger partial charge in [0.15, 0.2) is 5.96 Å². The van der Waals surface area contributed by atoms with Gasteiger partial charge in [0.1, 0.15) is 0 Å². The minimum atomic E-state index is -3.67. The van der Waals surface area contributed by atoms with Gasteiger partial charge >= 0.3 is 0 Å². The molecule has 0 aromatic heterocycles. The van der Waals surface area contributed by atoms with Crippen LogP contribution in [-0.4, -0.2) is 28.0 Å². The molecule has 1 aromatic rings. The predicted octanol–water partition coefficient (Wildman–Crippen LogP) is 1.83. The van der Waals surface area contributed by atoms with E-state index in [9.17, 15) is 8.42 Å².